The fourth-order valence-electron chi connectivity index (χ4n) is 2.34. The van der Waals surface area contributed by atoms with Crippen molar-refractivity contribution >= 4 is 5.78 Å². The van der Waals surface area contributed by atoms with Gasteiger partial charge in [-0.15, -0.1) is 0 Å². The van der Waals surface area contributed by atoms with Crippen molar-refractivity contribution in [2.45, 2.75) is 32.7 Å². The molecule has 0 fully saturated rings. The Bertz CT molecular complexity index is 580. The molecule has 0 aliphatic heterocycles. The van der Waals surface area contributed by atoms with Crippen LogP contribution in [0.2, 0.25) is 0 Å². The van der Waals surface area contributed by atoms with Crippen LogP contribution in [0.3, 0.4) is 0 Å². The number of carbonyl (C=O) groups is 1. The van der Waals surface area contributed by atoms with Crippen LogP contribution in [-0.4, -0.2) is 17.0 Å². The van der Waals surface area contributed by atoms with Crippen LogP contribution in [0.25, 0.3) is 0 Å². The van der Waals surface area contributed by atoms with Crippen molar-refractivity contribution in [3.63, 3.8) is 0 Å². The minimum atomic E-state index is -0.809. The lowest BCUT2D eigenvalue weighted by molar-refractivity contribution is -0.137. The minimum Gasteiger partial charge on any atom is -0.388 e. The SMILES string of the molecule is C[C@H](OCc1ccccc1)C(=O)[C@H](C)[C@@H](O)c1ccccc1. The van der Waals surface area contributed by atoms with Gasteiger partial charge in [-0.1, -0.05) is 67.6 Å². The normalized spacial score (nSPS) is 15.0. The molecule has 0 unspecified atom stereocenters. The van der Waals surface area contributed by atoms with Crippen LogP contribution in [0.15, 0.2) is 60.7 Å². The highest BCUT2D eigenvalue weighted by Gasteiger charge is 2.27. The molecule has 0 saturated heterocycles. The molecular weight excluding hydrogens is 276 g/mol. The summed E-state index contributed by atoms with van der Waals surface area (Å²) >= 11 is 0. The second-order valence-corrected chi connectivity index (χ2v) is 5.49. The van der Waals surface area contributed by atoms with E-state index in [1.165, 1.54) is 0 Å². The zero-order chi connectivity index (χ0) is 15.9. The first kappa shape index (κ1) is 16.4. The van der Waals surface area contributed by atoms with Crippen LogP contribution in [0.1, 0.15) is 31.1 Å². The number of aliphatic hydroxyl groups excluding tert-OH is 1. The van der Waals surface area contributed by atoms with Gasteiger partial charge in [0.15, 0.2) is 5.78 Å². The van der Waals surface area contributed by atoms with E-state index in [0.717, 1.165) is 11.1 Å². The third-order valence-electron chi connectivity index (χ3n) is 3.81. The van der Waals surface area contributed by atoms with Gasteiger partial charge in [0.05, 0.1) is 12.7 Å². The van der Waals surface area contributed by atoms with Gasteiger partial charge in [-0.05, 0) is 18.1 Å². The zero-order valence-electron chi connectivity index (χ0n) is 13.0. The summed E-state index contributed by atoms with van der Waals surface area (Å²) in [5.41, 5.74) is 1.78. The molecule has 22 heavy (non-hydrogen) atoms. The van der Waals surface area contributed by atoms with Crippen molar-refractivity contribution in [3.05, 3.63) is 71.8 Å². The van der Waals surface area contributed by atoms with E-state index in [1.807, 2.05) is 60.7 Å². The van der Waals surface area contributed by atoms with Crippen molar-refractivity contribution in [3.8, 4) is 0 Å². The number of benzene rings is 2. The Morgan fingerprint density at radius 3 is 2.14 bits per heavy atom. The molecule has 0 aliphatic carbocycles. The van der Waals surface area contributed by atoms with Crippen molar-refractivity contribution in [2.75, 3.05) is 0 Å². The van der Waals surface area contributed by atoms with Crippen LogP contribution in [-0.2, 0) is 16.1 Å². The predicted octanol–water partition coefficient (Wildman–Crippen LogP) is 3.53. The Morgan fingerprint density at radius 2 is 1.55 bits per heavy atom. The molecule has 3 atom stereocenters. The quantitative estimate of drug-likeness (QED) is 0.850. The third-order valence-corrected chi connectivity index (χ3v) is 3.81. The molecule has 0 saturated carbocycles. The van der Waals surface area contributed by atoms with Crippen molar-refractivity contribution in [2.24, 2.45) is 5.92 Å². The second-order valence-electron chi connectivity index (χ2n) is 5.49. The molecule has 0 aromatic heterocycles. The van der Waals surface area contributed by atoms with Crippen LogP contribution in [0, 0.1) is 5.92 Å². The molecule has 116 valence electrons. The fourth-order valence-corrected chi connectivity index (χ4v) is 2.34. The highest BCUT2D eigenvalue weighted by atomic mass is 16.5. The van der Waals surface area contributed by atoms with Gasteiger partial charge in [0.2, 0.25) is 0 Å². The highest BCUT2D eigenvalue weighted by Crippen LogP contribution is 2.24. The summed E-state index contributed by atoms with van der Waals surface area (Å²) < 4.78 is 5.64. The lowest BCUT2D eigenvalue weighted by Crippen LogP contribution is -2.30. The standard InChI is InChI=1S/C19H22O3/c1-14(19(21)17-11-7-4-8-12-17)18(20)15(2)22-13-16-9-5-3-6-10-16/h3-12,14-15,19,21H,13H2,1-2H3/t14-,15-,19+/m0/s1. The van der Waals surface area contributed by atoms with E-state index >= 15 is 0 Å². The van der Waals surface area contributed by atoms with E-state index in [4.69, 9.17) is 4.74 Å². The first-order valence-electron chi connectivity index (χ1n) is 7.52. The molecule has 3 heteroatoms. The van der Waals surface area contributed by atoms with Gasteiger partial charge in [-0.25, -0.2) is 0 Å². The van der Waals surface area contributed by atoms with Gasteiger partial charge >= 0.3 is 0 Å². The number of ether oxygens (including phenoxy) is 1. The van der Waals surface area contributed by atoms with Gasteiger partial charge in [0.25, 0.3) is 0 Å². The number of hydrogen-bond donors (Lipinski definition) is 1. The van der Waals surface area contributed by atoms with Gasteiger partial charge in [-0.3, -0.25) is 4.79 Å². The molecule has 2 aromatic carbocycles. The number of ketones is 1. The van der Waals surface area contributed by atoms with Crippen molar-refractivity contribution in [1.29, 1.82) is 0 Å². The van der Waals surface area contributed by atoms with E-state index in [0.29, 0.717) is 6.61 Å². The molecule has 0 radical (unpaired) electrons. The van der Waals surface area contributed by atoms with Gasteiger partial charge < -0.3 is 9.84 Å². The van der Waals surface area contributed by atoms with Crippen LogP contribution in [0.5, 0.6) is 0 Å². The lowest BCUT2D eigenvalue weighted by atomic mass is 9.91. The van der Waals surface area contributed by atoms with E-state index in [-0.39, 0.29) is 5.78 Å². The van der Waals surface area contributed by atoms with Crippen LogP contribution < -0.4 is 0 Å². The lowest BCUT2D eigenvalue weighted by Gasteiger charge is -2.21. The molecule has 2 rings (SSSR count). The van der Waals surface area contributed by atoms with E-state index in [9.17, 15) is 9.90 Å². The average Bonchev–Trinajstić information content (AvgIpc) is 2.59. The summed E-state index contributed by atoms with van der Waals surface area (Å²) in [6, 6.07) is 19.0. The Morgan fingerprint density at radius 1 is 1.00 bits per heavy atom. The number of hydrogen-bond acceptors (Lipinski definition) is 3. The van der Waals surface area contributed by atoms with E-state index in [1.54, 1.807) is 13.8 Å². The number of Topliss-reactive ketones (excluding diaryl/α,β-unsaturated/α-hetero) is 1. The maximum Gasteiger partial charge on any atom is 0.166 e. The summed E-state index contributed by atoms with van der Waals surface area (Å²) in [5, 5.41) is 10.3. The van der Waals surface area contributed by atoms with Gasteiger partial charge in [0.1, 0.15) is 6.10 Å². The minimum absolute atomic E-state index is 0.0905. The first-order valence-corrected chi connectivity index (χ1v) is 7.52. The number of rotatable bonds is 7. The Labute approximate surface area is 131 Å². The summed E-state index contributed by atoms with van der Waals surface area (Å²) in [6.07, 6.45) is -1.36. The monoisotopic (exact) mass is 298 g/mol. The van der Waals surface area contributed by atoms with Gasteiger partial charge in [-0.2, -0.15) is 0 Å². The summed E-state index contributed by atoms with van der Waals surface area (Å²) in [5.74, 6) is -0.597. The average molecular weight is 298 g/mol. The van der Waals surface area contributed by atoms with Gasteiger partial charge in [0, 0.05) is 5.92 Å². The van der Waals surface area contributed by atoms with Crippen molar-refractivity contribution < 1.29 is 14.6 Å². The Balaban J connectivity index is 1.92. The molecule has 1 N–H and O–H groups in total. The molecule has 0 aliphatic rings. The second kappa shape index (κ2) is 7.87. The molecular formula is C19H22O3. The predicted molar refractivity (Wildman–Crippen MR) is 86.3 cm³/mol. The maximum absolute atomic E-state index is 12.4. The molecule has 3 nitrogen and oxygen atoms in total. The van der Waals surface area contributed by atoms with E-state index in [2.05, 4.69) is 0 Å². The number of aliphatic hydroxyl groups is 1. The van der Waals surface area contributed by atoms with Crippen molar-refractivity contribution in [1.82, 2.24) is 0 Å². The summed E-state index contributed by atoms with van der Waals surface area (Å²) in [7, 11) is 0. The van der Waals surface area contributed by atoms with Crippen LogP contribution in [0.4, 0.5) is 0 Å². The largest absolute Gasteiger partial charge is 0.388 e. The third kappa shape index (κ3) is 4.26. The molecule has 0 heterocycles. The molecule has 0 spiro atoms. The maximum atomic E-state index is 12.4. The molecule has 0 amide bonds. The smallest absolute Gasteiger partial charge is 0.166 e. The fraction of sp³-hybridized carbons (Fsp3) is 0.316. The first-order chi connectivity index (χ1) is 10.6. The summed E-state index contributed by atoms with van der Waals surface area (Å²) in [4.78, 5) is 12.4. The molecule has 0 bridgehead atoms. The Kier molecular flexibility index (Phi) is 5.87. The zero-order valence-corrected chi connectivity index (χ0v) is 13.0. The van der Waals surface area contributed by atoms with Crippen LogP contribution >= 0.6 is 0 Å². The Hall–Kier alpha value is -1.97. The highest BCUT2D eigenvalue weighted by molar-refractivity contribution is 5.85. The summed E-state index contributed by atoms with van der Waals surface area (Å²) in [6.45, 7) is 3.86. The molecule has 2 aromatic rings. The number of carbonyl (C=O) groups excluding carboxylic acids is 1. The van der Waals surface area contributed by atoms with E-state index < -0.39 is 18.1 Å². The topological polar surface area (TPSA) is 46.5 Å².